The predicted octanol–water partition coefficient (Wildman–Crippen LogP) is 3.71. The summed E-state index contributed by atoms with van der Waals surface area (Å²) >= 11 is 0. The second-order valence-electron chi connectivity index (χ2n) is 9.68. The number of carbonyl (C=O) groups excluding carboxylic acids is 1. The molecule has 2 atom stereocenters. The predicted molar refractivity (Wildman–Crippen MR) is 131 cm³/mol. The van der Waals surface area contributed by atoms with Crippen LogP contribution in [0.5, 0.6) is 0 Å². The number of amides is 1. The zero-order valence-electron chi connectivity index (χ0n) is 19.6. The molecule has 2 aliphatic rings. The highest BCUT2D eigenvalue weighted by Gasteiger charge is 2.37. The van der Waals surface area contributed by atoms with E-state index < -0.39 is 0 Å². The van der Waals surface area contributed by atoms with E-state index in [-0.39, 0.29) is 23.3 Å². The van der Waals surface area contributed by atoms with Crippen molar-refractivity contribution in [3.63, 3.8) is 0 Å². The van der Waals surface area contributed by atoms with E-state index in [4.69, 9.17) is 5.26 Å². The second-order valence-corrected chi connectivity index (χ2v) is 9.68. The third kappa shape index (κ3) is 4.04. The fourth-order valence-electron chi connectivity index (χ4n) is 5.45. The van der Waals surface area contributed by atoms with Crippen LogP contribution in [-0.4, -0.2) is 47.5 Å². The number of piperidine rings is 1. The van der Waals surface area contributed by atoms with E-state index >= 15 is 0 Å². The molecule has 1 aromatic heterocycles. The van der Waals surface area contributed by atoms with Gasteiger partial charge in [0.15, 0.2) is 0 Å². The number of nitrogens with zero attached hydrogens (tertiary/aromatic N) is 4. The van der Waals surface area contributed by atoms with Crippen molar-refractivity contribution in [3.8, 4) is 17.2 Å². The lowest BCUT2D eigenvalue weighted by Crippen LogP contribution is -2.49. The van der Waals surface area contributed by atoms with Crippen molar-refractivity contribution in [1.29, 1.82) is 5.26 Å². The van der Waals surface area contributed by atoms with Crippen molar-refractivity contribution in [2.75, 3.05) is 27.2 Å². The van der Waals surface area contributed by atoms with Crippen LogP contribution in [-0.2, 0) is 13.1 Å². The first-order valence-electron chi connectivity index (χ1n) is 11.7. The summed E-state index contributed by atoms with van der Waals surface area (Å²) in [7, 11) is 4.06. The van der Waals surface area contributed by atoms with Crippen molar-refractivity contribution in [1.82, 2.24) is 14.4 Å². The molecule has 1 saturated heterocycles. The Morgan fingerprint density at radius 3 is 2.50 bits per heavy atom. The lowest BCUT2D eigenvalue weighted by Gasteiger charge is -2.43. The molecule has 1 amide bonds. The molecule has 0 unspecified atom stereocenters. The third-order valence-corrected chi connectivity index (χ3v) is 6.95. The summed E-state index contributed by atoms with van der Waals surface area (Å²) in [6.07, 6.45) is 0.993. The van der Waals surface area contributed by atoms with Gasteiger partial charge in [0.05, 0.1) is 11.6 Å². The molecule has 2 aliphatic heterocycles. The van der Waals surface area contributed by atoms with Gasteiger partial charge in [-0.3, -0.25) is 9.59 Å². The highest BCUT2D eigenvalue weighted by Crippen LogP contribution is 2.36. The number of aromatic nitrogens is 1. The molecule has 6 heteroatoms. The van der Waals surface area contributed by atoms with Crippen molar-refractivity contribution < 1.29 is 4.79 Å². The molecular weight excluding hydrogens is 424 g/mol. The molecule has 6 nitrogen and oxygen atoms in total. The first kappa shape index (κ1) is 22.1. The number of likely N-dealkylation sites (tertiary alicyclic amines) is 1. The van der Waals surface area contributed by atoms with E-state index in [1.165, 1.54) is 0 Å². The first-order chi connectivity index (χ1) is 16.4. The Hall–Kier alpha value is -3.69. The summed E-state index contributed by atoms with van der Waals surface area (Å²) in [5.74, 6) is 0.386. The maximum Gasteiger partial charge on any atom is 0.258 e. The van der Waals surface area contributed by atoms with Crippen LogP contribution in [0.2, 0.25) is 0 Å². The molecule has 3 heterocycles. The van der Waals surface area contributed by atoms with Crippen LogP contribution < -0.4 is 5.56 Å². The number of carbonyl (C=O) groups is 1. The Balaban J connectivity index is 1.44. The van der Waals surface area contributed by atoms with Gasteiger partial charge in [-0.05, 0) is 74.0 Å². The SMILES string of the molecule is CN(C)Cc1ccccc1-c1ccc2n(c1=O)C[C@H]1C[C@@H]2CN(C(=O)c2ccc(C#N)cc2)C1. The van der Waals surface area contributed by atoms with E-state index in [1.54, 1.807) is 24.3 Å². The van der Waals surface area contributed by atoms with Gasteiger partial charge in [0, 0.05) is 48.9 Å². The van der Waals surface area contributed by atoms with Crippen molar-refractivity contribution in [2.24, 2.45) is 5.92 Å². The van der Waals surface area contributed by atoms with Crippen molar-refractivity contribution in [2.45, 2.75) is 25.4 Å². The molecular formula is C28H28N4O2. The molecule has 2 bridgehead atoms. The van der Waals surface area contributed by atoms with Gasteiger partial charge in [0.25, 0.3) is 11.5 Å². The molecule has 0 aliphatic carbocycles. The van der Waals surface area contributed by atoms with Crippen LogP contribution in [0.1, 0.15) is 39.5 Å². The number of benzene rings is 2. The maximum absolute atomic E-state index is 13.6. The minimum Gasteiger partial charge on any atom is -0.338 e. The zero-order chi connectivity index (χ0) is 23.8. The molecule has 0 radical (unpaired) electrons. The fraction of sp³-hybridized carbons (Fsp3) is 0.321. The van der Waals surface area contributed by atoms with E-state index in [2.05, 4.69) is 23.1 Å². The fourth-order valence-corrected chi connectivity index (χ4v) is 5.45. The van der Waals surface area contributed by atoms with Crippen LogP contribution in [0.25, 0.3) is 11.1 Å². The van der Waals surface area contributed by atoms with E-state index in [0.717, 1.165) is 35.3 Å². The molecule has 2 aromatic carbocycles. The van der Waals surface area contributed by atoms with Gasteiger partial charge in [-0.15, -0.1) is 0 Å². The Kier molecular flexibility index (Phi) is 5.80. The molecule has 172 valence electrons. The van der Waals surface area contributed by atoms with E-state index in [1.807, 2.05) is 47.8 Å². The number of hydrogen-bond acceptors (Lipinski definition) is 4. The first-order valence-corrected chi connectivity index (χ1v) is 11.7. The Morgan fingerprint density at radius 1 is 1.00 bits per heavy atom. The number of pyridine rings is 1. The molecule has 1 fully saturated rings. The van der Waals surface area contributed by atoms with Gasteiger partial charge in [-0.25, -0.2) is 0 Å². The molecule has 0 saturated carbocycles. The monoisotopic (exact) mass is 452 g/mol. The summed E-state index contributed by atoms with van der Waals surface area (Å²) < 4.78 is 1.95. The summed E-state index contributed by atoms with van der Waals surface area (Å²) in [5.41, 5.74) is 5.10. The molecule has 3 aromatic rings. The maximum atomic E-state index is 13.6. The second kappa shape index (κ2) is 8.92. The third-order valence-electron chi connectivity index (χ3n) is 6.95. The Bertz CT molecular complexity index is 1330. The van der Waals surface area contributed by atoms with Crippen LogP contribution in [0, 0.1) is 17.2 Å². The smallest absolute Gasteiger partial charge is 0.258 e. The van der Waals surface area contributed by atoms with Gasteiger partial charge in [0.1, 0.15) is 0 Å². The Labute approximate surface area is 199 Å². The highest BCUT2D eigenvalue weighted by atomic mass is 16.2. The van der Waals surface area contributed by atoms with E-state index in [0.29, 0.717) is 30.8 Å². The van der Waals surface area contributed by atoms with Gasteiger partial charge >= 0.3 is 0 Å². The number of fused-ring (bicyclic) bond motifs is 4. The van der Waals surface area contributed by atoms with Gasteiger partial charge < -0.3 is 14.4 Å². The van der Waals surface area contributed by atoms with Gasteiger partial charge in [0.2, 0.25) is 0 Å². The average Bonchev–Trinajstić information content (AvgIpc) is 2.84. The normalized spacial score (nSPS) is 18.9. The van der Waals surface area contributed by atoms with Crippen LogP contribution in [0.3, 0.4) is 0 Å². The molecule has 5 rings (SSSR count). The standard InChI is InChI=1S/C28H28N4O2/c1-30(2)17-22-5-3-4-6-24(22)25-11-12-26-23-13-20(16-32(26)28(25)34)15-31(18-23)27(33)21-9-7-19(14-29)8-10-21/h3-12,20,23H,13,15-18H2,1-2H3/t20-,23+/m0/s1. The molecule has 34 heavy (non-hydrogen) atoms. The quantitative estimate of drug-likeness (QED) is 0.605. The number of hydrogen-bond donors (Lipinski definition) is 0. The highest BCUT2D eigenvalue weighted by molar-refractivity contribution is 5.94. The summed E-state index contributed by atoms with van der Waals surface area (Å²) in [4.78, 5) is 30.8. The largest absolute Gasteiger partial charge is 0.338 e. The summed E-state index contributed by atoms with van der Waals surface area (Å²) in [5, 5.41) is 9.01. The molecule has 0 spiro atoms. The lowest BCUT2D eigenvalue weighted by molar-refractivity contribution is 0.0594. The number of nitriles is 1. The minimum atomic E-state index is -0.00998. The number of rotatable bonds is 4. The van der Waals surface area contributed by atoms with Crippen molar-refractivity contribution in [3.05, 3.63) is 93.4 Å². The van der Waals surface area contributed by atoms with E-state index in [9.17, 15) is 9.59 Å². The average molecular weight is 453 g/mol. The molecule has 0 N–H and O–H groups in total. The Morgan fingerprint density at radius 2 is 1.76 bits per heavy atom. The van der Waals surface area contributed by atoms with Crippen LogP contribution in [0.4, 0.5) is 0 Å². The summed E-state index contributed by atoms with van der Waals surface area (Å²) in [6, 6.07) is 21.1. The summed E-state index contributed by atoms with van der Waals surface area (Å²) in [6.45, 7) is 2.65. The van der Waals surface area contributed by atoms with Crippen LogP contribution in [0.15, 0.2) is 65.5 Å². The topological polar surface area (TPSA) is 69.3 Å². The minimum absolute atomic E-state index is 0.00998. The van der Waals surface area contributed by atoms with Crippen molar-refractivity contribution >= 4 is 5.91 Å². The zero-order valence-corrected chi connectivity index (χ0v) is 19.6. The van der Waals surface area contributed by atoms with Crippen LogP contribution >= 0.6 is 0 Å². The van der Waals surface area contributed by atoms with Gasteiger partial charge in [-0.2, -0.15) is 5.26 Å². The lowest BCUT2D eigenvalue weighted by atomic mass is 9.82. The van der Waals surface area contributed by atoms with Gasteiger partial charge in [-0.1, -0.05) is 24.3 Å².